The fourth-order valence-corrected chi connectivity index (χ4v) is 3.31. The molecule has 0 aromatic heterocycles. The molecule has 0 saturated carbocycles. The SMILES string of the molecule is CC1CCCN(C(=O)C(C)(C)C(=O)NCCc2cccc(Cl)c2)C1. The van der Waals surface area contributed by atoms with Gasteiger partial charge in [-0.1, -0.05) is 30.7 Å². The number of rotatable bonds is 5. The highest BCUT2D eigenvalue weighted by atomic mass is 35.5. The highest BCUT2D eigenvalue weighted by Gasteiger charge is 2.39. The standard InChI is InChI=1S/C19H27ClN2O2/c1-14-6-5-11-22(13-14)18(24)19(2,3)17(23)21-10-9-15-7-4-8-16(20)12-15/h4,7-8,12,14H,5-6,9-11,13H2,1-3H3,(H,21,23). The first kappa shape index (κ1) is 18.8. The fourth-order valence-electron chi connectivity index (χ4n) is 3.10. The molecule has 2 rings (SSSR count). The first-order valence-corrected chi connectivity index (χ1v) is 9.00. The minimum Gasteiger partial charge on any atom is -0.355 e. The second-order valence-electron chi connectivity index (χ2n) is 7.26. The van der Waals surface area contributed by atoms with Gasteiger partial charge in [-0.3, -0.25) is 9.59 Å². The molecule has 0 bridgehead atoms. The zero-order valence-corrected chi connectivity index (χ0v) is 15.5. The number of hydrogen-bond acceptors (Lipinski definition) is 2. The van der Waals surface area contributed by atoms with Crippen molar-refractivity contribution in [1.29, 1.82) is 0 Å². The largest absolute Gasteiger partial charge is 0.355 e. The average molecular weight is 351 g/mol. The Morgan fingerprint density at radius 2 is 2.12 bits per heavy atom. The summed E-state index contributed by atoms with van der Waals surface area (Å²) < 4.78 is 0. The third-order valence-electron chi connectivity index (χ3n) is 4.63. The van der Waals surface area contributed by atoms with Crippen molar-refractivity contribution < 1.29 is 9.59 Å². The lowest BCUT2D eigenvalue weighted by molar-refractivity contribution is -0.149. The van der Waals surface area contributed by atoms with Crippen molar-refractivity contribution >= 4 is 23.4 Å². The Morgan fingerprint density at radius 3 is 2.79 bits per heavy atom. The molecule has 0 spiro atoms. The van der Waals surface area contributed by atoms with Gasteiger partial charge in [0.05, 0.1) is 0 Å². The van der Waals surface area contributed by atoms with E-state index in [1.54, 1.807) is 13.8 Å². The molecular formula is C19H27ClN2O2. The maximum absolute atomic E-state index is 12.7. The highest BCUT2D eigenvalue weighted by Crippen LogP contribution is 2.24. The molecule has 0 aliphatic carbocycles. The lowest BCUT2D eigenvalue weighted by Gasteiger charge is -2.36. The van der Waals surface area contributed by atoms with Gasteiger partial charge in [-0.15, -0.1) is 0 Å². The fraction of sp³-hybridized carbons (Fsp3) is 0.579. The van der Waals surface area contributed by atoms with Crippen LogP contribution in [0.1, 0.15) is 39.2 Å². The number of piperidine rings is 1. The number of halogens is 1. The van der Waals surface area contributed by atoms with Crippen LogP contribution in [0.25, 0.3) is 0 Å². The van der Waals surface area contributed by atoms with Crippen molar-refractivity contribution in [1.82, 2.24) is 10.2 Å². The van der Waals surface area contributed by atoms with Gasteiger partial charge < -0.3 is 10.2 Å². The van der Waals surface area contributed by atoms with Gasteiger partial charge in [-0.05, 0) is 56.7 Å². The molecule has 0 radical (unpaired) electrons. The van der Waals surface area contributed by atoms with E-state index in [0.29, 0.717) is 23.9 Å². The summed E-state index contributed by atoms with van der Waals surface area (Å²) in [7, 11) is 0. The van der Waals surface area contributed by atoms with Crippen LogP contribution in [0.5, 0.6) is 0 Å². The highest BCUT2D eigenvalue weighted by molar-refractivity contribution is 6.30. The third-order valence-corrected chi connectivity index (χ3v) is 4.87. The Hall–Kier alpha value is -1.55. The van der Waals surface area contributed by atoms with Gasteiger partial charge >= 0.3 is 0 Å². The average Bonchev–Trinajstić information content (AvgIpc) is 2.54. The van der Waals surface area contributed by atoms with Crippen LogP contribution in [0.2, 0.25) is 5.02 Å². The molecule has 1 atom stereocenters. The Kier molecular flexibility index (Phi) is 6.27. The van der Waals surface area contributed by atoms with Crippen LogP contribution in [0.3, 0.4) is 0 Å². The monoisotopic (exact) mass is 350 g/mol. The molecule has 1 heterocycles. The van der Waals surface area contributed by atoms with Crippen molar-refractivity contribution in [2.45, 2.75) is 40.0 Å². The molecule has 1 fully saturated rings. The molecule has 132 valence electrons. The summed E-state index contributed by atoms with van der Waals surface area (Å²) in [5.74, 6) is 0.214. The zero-order valence-electron chi connectivity index (χ0n) is 14.8. The minimum atomic E-state index is -1.04. The molecule has 1 aromatic carbocycles. The predicted molar refractivity (Wildman–Crippen MR) is 96.9 cm³/mol. The van der Waals surface area contributed by atoms with E-state index in [1.165, 1.54) is 0 Å². The number of nitrogens with zero attached hydrogens (tertiary/aromatic N) is 1. The lowest BCUT2D eigenvalue weighted by atomic mass is 9.88. The molecule has 1 aliphatic rings. The molecular weight excluding hydrogens is 324 g/mol. The van der Waals surface area contributed by atoms with E-state index < -0.39 is 5.41 Å². The van der Waals surface area contributed by atoms with Crippen LogP contribution in [0, 0.1) is 11.3 Å². The van der Waals surface area contributed by atoms with Crippen LogP contribution in [0.15, 0.2) is 24.3 Å². The number of carbonyl (C=O) groups excluding carboxylic acids is 2. The Morgan fingerprint density at radius 1 is 1.38 bits per heavy atom. The van der Waals surface area contributed by atoms with Crippen molar-refractivity contribution in [3.05, 3.63) is 34.9 Å². The molecule has 5 heteroatoms. The molecule has 4 nitrogen and oxygen atoms in total. The summed E-state index contributed by atoms with van der Waals surface area (Å²) in [6, 6.07) is 7.58. The van der Waals surface area contributed by atoms with E-state index >= 15 is 0 Å². The van der Waals surface area contributed by atoms with Gasteiger partial charge in [0.15, 0.2) is 0 Å². The second kappa shape index (κ2) is 8.02. The van der Waals surface area contributed by atoms with E-state index in [0.717, 1.165) is 31.5 Å². The number of carbonyl (C=O) groups is 2. The first-order valence-electron chi connectivity index (χ1n) is 8.63. The topological polar surface area (TPSA) is 49.4 Å². The van der Waals surface area contributed by atoms with E-state index in [9.17, 15) is 9.59 Å². The smallest absolute Gasteiger partial charge is 0.237 e. The summed E-state index contributed by atoms with van der Waals surface area (Å²) in [6.07, 6.45) is 2.85. The van der Waals surface area contributed by atoms with Gasteiger partial charge in [0.2, 0.25) is 11.8 Å². The van der Waals surface area contributed by atoms with Gasteiger partial charge in [-0.25, -0.2) is 0 Å². The summed E-state index contributed by atoms with van der Waals surface area (Å²) in [6.45, 7) is 7.57. The van der Waals surface area contributed by atoms with Gasteiger partial charge in [-0.2, -0.15) is 0 Å². The number of benzene rings is 1. The van der Waals surface area contributed by atoms with Crippen LogP contribution in [-0.2, 0) is 16.0 Å². The maximum Gasteiger partial charge on any atom is 0.237 e. The molecule has 1 aromatic rings. The minimum absolute atomic E-state index is 0.0747. The van der Waals surface area contributed by atoms with E-state index in [1.807, 2.05) is 29.2 Å². The van der Waals surface area contributed by atoms with Crippen molar-refractivity contribution in [3.63, 3.8) is 0 Å². The van der Waals surface area contributed by atoms with Crippen LogP contribution >= 0.6 is 11.6 Å². The summed E-state index contributed by atoms with van der Waals surface area (Å²) in [4.78, 5) is 27.1. The lowest BCUT2D eigenvalue weighted by Crippen LogP contribution is -2.52. The summed E-state index contributed by atoms with van der Waals surface area (Å²) in [5.41, 5.74) is 0.0302. The molecule has 1 N–H and O–H groups in total. The molecule has 1 saturated heterocycles. The van der Waals surface area contributed by atoms with Gasteiger partial charge in [0.25, 0.3) is 0 Å². The third kappa shape index (κ3) is 4.73. The number of nitrogens with one attached hydrogen (secondary N) is 1. The van der Waals surface area contributed by atoms with Crippen LogP contribution in [-0.4, -0.2) is 36.3 Å². The zero-order chi connectivity index (χ0) is 17.7. The van der Waals surface area contributed by atoms with Crippen molar-refractivity contribution in [2.24, 2.45) is 11.3 Å². The van der Waals surface area contributed by atoms with E-state index in [-0.39, 0.29) is 11.8 Å². The van der Waals surface area contributed by atoms with E-state index in [2.05, 4.69) is 12.2 Å². The quantitative estimate of drug-likeness (QED) is 0.828. The predicted octanol–water partition coefficient (Wildman–Crippen LogP) is 3.28. The number of hydrogen-bond donors (Lipinski definition) is 1. The van der Waals surface area contributed by atoms with Crippen LogP contribution < -0.4 is 5.32 Å². The Labute approximate surface area is 149 Å². The molecule has 24 heavy (non-hydrogen) atoms. The number of amides is 2. The van der Waals surface area contributed by atoms with Crippen molar-refractivity contribution in [3.8, 4) is 0 Å². The van der Waals surface area contributed by atoms with Crippen LogP contribution in [0.4, 0.5) is 0 Å². The Bertz CT molecular complexity index is 601. The summed E-state index contributed by atoms with van der Waals surface area (Å²) in [5, 5.41) is 3.58. The summed E-state index contributed by atoms with van der Waals surface area (Å²) >= 11 is 5.96. The van der Waals surface area contributed by atoms with E-state index in [4.69, 9.17) is 11.6 Å². The second-order valence-corrected chi connectivity index (χ2v) is 7.70. The molecule has 1 aliphatic heterocycles. The number of likely N-dealkylation sites (tertiary alicyclic amines) is 1. The van der Waals surface area contributed by atoms with Gasteiger partial charge in [0.1, 0.15) is 5.41 Å². The van der Waals surface area contributed by atoms with Gasteiger partial charge in [0, 0.05) is 24.7 Å². The first-order chi connectivity index (χ1) is 11.3. The normalized spacial score (nSPS) is 18.3. The molecule has 1 unspecified atom stereocenters. The molecule has 2 amide bonds. The maximum atomic E-state index is 12.7. The Balaban J connectivity index is 1.88. The van der Waals surface area contributed by atoms with Crippen molar-refractivity contribution in [2.75, 3.05) is 19.6 Å².